The van der Waals surface area contributed by atoms with Crippen LogP contribution >= 0.6 is 0 Å². The van der Waals surface area contributed by atoms with Gasteiger partial charge in [0.1, 0.15) is 5.60 Å². The van der Waals surface area contributed by atoms with Crippen molar-refractivity contribution in [3.8, 4) is 0 Å². The molecule has 0 aromatic heterocycles. The summed E-state index contributed by atoms with van der Waals surface area (Å²) in [5, 5.41) is 3.22. The van der Waals surface area contributed by atoms with Crippen LogP contribution in [0.5, 0.6) is 0 Å². The number of allylic oxidation sites excluding steroid dienone is 2. The minimum Gasteiger partial charge on any atom is -0.367 e. The number of hydrogen-bond donors (Lipinski definition) is 1. The molecule has 0 aromatic rings. The van der Waals surface area contributed by atoms with Gasteiger partial charge in [-0.3, -0.25) is 0 Å². The largest absolute Gasteiger partial charge is 0.416 e. The quantitative estimate of drug-likeness (QED) is 0.781. The molecule has 1 aliphatic carbocycles. The van der Waals surface area contributed by atoms with Crippen molar-refractivity contribution in [1.82, 2.24) is 5.32 Å². The van der Waals surface area contributed by atoms with Gasteiger partial charge in [-0.2, -0.15) is 13.2 Å². The highest BCUT2D eigenvalue weighted by molar-refractivity contribution is 5.46. The molecule has 2 fully saturated rings. The third kappa shape index (κ3) is 1.80. The number of hydrogen-bond acceptors (Lipinski definition) is 2. The fraction of sp³-hybridized carbons (Fsp3) is 0.692. The van der Waals surface area contributed by atoms with E-state index in [2.05, 4.69) is 5.32 Å². The van der Waals surface area contributed by atoms with Gasteiger partial charge < -0.3 is 10.1 Å². The van der Waals surface area contributed by atoms with Gasteiger partial charge in [0.25, 0.3) is 0 Å². The Morgan fingerprint density at radius 1 is 1.44 bits per heavy atom. The van der Waals surface area contributed by atoms with Crippen molar-refractivity contribution >= 4 is 0 Å². The lowest BCUT2D eigenvalue weighted by molar-refractivity contribution is -0.0947. The molecule has 5 heteroatoms. The second kappa shape index (κ2) is 3.84. The Kier molecular flexibility index (Phi) is 2.61. The van der Waals surface area contributed by atoms with Gasteiger partial charge in [0, 0.05) is 12.6 Å². The van der Waals surface area contributed by atoms with Crippen LogP contribution in [0.3, 0.4) is 0 Å². The van der Waals surface area contributed by atoms with E-state index in [1.165, 1.54) is 6.08 Å². The Morgan fingerprint density at radius 2 is 2.22 bits per heavy atom. The molecule has 2 aliphatic heterocycles. The van der Waals surface area contributed by atoms with E-state index in [-0.39, 0.29) is 12.0 Å². The predicted octanol–water partition coefficient (Wildman–Crippen LogP) is 2.57. The van der Waals surface area contributed by atoms with Crippen LogP contribution in [0.25, 0.3) is 0 Å². The molecule has 2 bridgehead atoms. The van der Waals surface area contributed by atoms with Crippen LogP contribution < -0.4 is 5.32 Å². The van der Waals surface area contributed by atoms with Gasteiger partial charge in [-0.05, 0) is 24.3 Å². The monoisotopic (exact) mass is 259 g/mol. The van der Waals surface area contributed by atoms with Crippen LogP contribution in [0.1, 0.15) is 19.8 Å². The molecular formula is C13H16F3NO. The van der Waals surface area contributed by atoms with Gasteiger partial charge >= 0.3 is 6.18 Å². The van der Waals surface area contributed by atoms with Gasteiger partial charge in [0.05, 0.1) is 12.2 Å². The third-order valence-electron chi connectivity index (χ3n) is 4.04. The molecule has 0 saturated carbocycles. The van der Waals surface area contributed by atoms with Crippen molar-refractivity contribution in [3.63, 3.8) is 0 Å². The maximum Gasteiger partial charge on any atom is 0.416 e. The van der Waals surface area contributed by atoms with Gasteiger partial charge in [0.2, 0.25) is 0 Å². The topological polar surface area (TPSA) is 21.3 Å². The zero-order chi connectivity index (χ0) is 13.0. The Bertz CT molecular complexity index is 416. The smallest absolute Gasteiger partial charge is 0.367 e. The minimum atomic E-state index is -4.29. The highest BCUT2D eigenvalue weighted by atomic mass is 19.4. The molecule has 2 saturated heterocycles. The highest BCUT2D eigenvalue weighted by Gasteiger charge is 2.53. The zero-order valence-corrected chi connectivity index (χ0v) is 10.2. The van der Waals surface area contributed by atoms with Crippen molar-refractivity contribution in [2.75, 3.05) is 13.2 Å². The fourth-order valence-electron chi connectivity index (χ4n) is 3.16. The molecule has 18 heavy (non-hydrogen) atoms. The summed E-state index contributed by atoms with van der Waals surface area (Å²) < 4.78 is 45.1. The summed E-state index contributed by atoms with van der Waals surface area (Å²) in [4.78, 5) is 0. The van der Waals surface area contributed by atoms with E-state index in [9.17, 15) is 13.2 Å². The lowest BCUT2D eigenvalue weighted by atomic mass is 9.80. The molecule has 0 spiro atoms. The summed E-state index contributed by atoms with van der Waals surface area (Å²) >= 11 is 0. The summed E-state index contributed by atoms with van der Waals surface area (Å²) in [5.74, 6) is -0.0617. The van der Waals surface area contributed by atoms with Gasteiger partial charge in [-0.15, -0.1) is 0 Å². The van der Waals surface area contributed by atoms with Crippen molar-refractivity contribution in [1.29, 1.82) is 0 Å². The average molecular weight is 259 g/mol. The summed E-state index contributed by atoms with van der Waals surface area (Å²) in [5.41, 5.74) is -0.891. The maximum absolute atomic E-state index is 13.2. The van der Waals surface area contributed by atoms with Crippen molar-refractivity contribution in [3.05, 3.63) is 23.3 Å². The molecule has 3 aliphatic rings. The second-order valence-corrected chi connectivity index (χ2v) is 5.50. The first-order valence-corrected chi connectivity index (χ1v) is 6.28. The molecular weight excluding hydrogens is 243 g/mol. The Morgan fingerprint density at radius 3 is 2.72 bits per heavy atom. The van der Waals surface area contributed by atoms with E-state index in [0.717, 1.165) is 0 Å². The predicted molar refractivity (Wildman–Crippen MR) is 61.1 cm³/mol. The lowest BCUT2D eigenvalue weighted by Crippen LogP contribution is -2.43. The van der Waals surface area contributed by atoms with Crippen molar-refractivity contribution in [2.45, 2.75) is 37.6 Å². The molecule has 3 rings (SSSR count). The Labute approximate surface area is 104 Å². The first-order chi connectivity index (χ1) is 8.41. The van der Waals surface area contributed by atoms with Gasteiger partial charge in [-0.1, -0.05) is 19.1 Å². The van der Waals surface area contributed by atoms with Crippen molar-refractivity contribution < 1.29 is 17.9 Å². The maximum atomic E-state index is 13.2. The molecule has 100 valence electrons. The molecule has 0 radical (unpaired) electrons. The standard InChI is InChI=1S/C13H16F3NO/c1-8-2-3-10(11(4-8)13(14,15)16)12-5-9(6-18-12)17-7-12/h3-4,8-9,17H,2,5-7H2,1H3. The van der Waals surface area contributed by atoms with Crippen LogP contribution in [-0.4, -0.2) is 31.0 Å². The molecule has 1 N–H and O–H groups in total. The summed E-state index contributed by atoms with van der Waals surface area (Å²) in [6.07, 6.45) is 0.0899. The molecule has 3 unspecified atom stereocenters. The fourth-order valence-corrected chi connectivity index (χ4v) is 3.16. The first kappa shape index (κ1) is 12.2. The summed E-state index contributed by atoms with van der Waals surface area (Å²) in [6.45, 7) is 2.81. The number of morpholine rings is 1. The minimum absolute atomic E-state index is 0.0617. The molecule has 0 aromatic carbocycles. The summed E-state index contributed by atoms with van der Waals surface area (Å²) in [7, 11) is 0. The van der Waals surface area contributed by atoms with Gasteiger partial charge in [0.15, 0.2) is 0 Å². The van der Waals surface area contributed by atoms with Crippen LogP contribution in [0, 0.1) is 5.92 Å². The second-order valence-electron chi connectivity index (χ2n) is 5.50. The zero-order valence-electron chi connectivity index (χ0n) is 10.2. The first-order valence-electron chi connectivity index (χ1n) is 6.28. The third-order valence-corrected chi connectivity index (χ3v) is 4.04. The number of rotatable bonds is 1. The van der Waals surface area contributed by atoms with Gasteiger partial charge in [-0.25, -0.2) is 0 Å². The number of halogens is 3. The summed E-state index contributed by atoms with van der Waals surface area (Å²) in [6, 6.07) is 0.208. The molecule has 3 atom stereocenters. The van der Waals surface area contributed by atoms with E-state index in [4.69, 9.17) is 4.74 Å². The highest BCUT2D eigenvalue weighted by Crippen LogP contribution is 2.47. The van der Waals surface area contributed by atoms with E-state index >= 15 is 0 Å². The van der Waals surface area contributed by atoms with E-state index in [1.807, 2.05) is 6.92 Å². The van der Waals surface area contributed by atoms with E-state index in [1.54, 1.807) is 6.08 Å². The van der Waals surface area contributed by atoms with E-state index < -0.39 is 17.4 Å². The molecule has 2 nitrogen and oxygen atoms in total. The van der Waals surface area contributed by atoms with E-state index in [0.29, 0.717) is 31.6 Å². The Hall–Kier alpha value is -0.810. The normalized spacial score (nSPS) is 39.8. The SMILES string of the molecule is CC1C=C(C(F)(F)F)C(C23CNC(CO2)C3)=CC1. The van der Waals surface area contributed by atoms with Crippen LogP contribution in [0.4, 0.5) is 13.2 Å². The Balaban J connectivity index is 1.98. The molecule has 0 amide bonds. The lowest BCUT2D eigenvalue weighted by Gasteiger charge is -2.34. The van der Waals surface area contributed by atoms with Crippen LogP contribution in [0.2, 0.25) is 0 Å². The number of fused-ring (bicyclic) bond motifs is 2. The average Bonchev–Trinajstić information content (AvgIpc) is 2.88. The number of nitrogens with one attached hydrogen (secondary N) is 1. The van der Waals surface area contributed by atoms with Crippen LogP contribution in [0.15, 0.2) is 23.3 Å². The number of alkyl halides is 3. The number of ether oxygens (including phenoxy) is 1. The van der Waals surface area contributed by atoms with Crippen molar-refractivity contribution in [2.24, 2.45) is 5.92 Å². The van der Waals surface area contributed by atoms with Crippen LogP contribution in [-0.2, 0) is 4.74 Å². The molecule has 2 heterocycles.